The fourth-order valence-electron chi connectivity index (χ4n) is 2.76. The maximum Gasteiger partial charge on any atom is 0.307 e. The Morgan fingerprint density at radius 1 is 1.24 bits per heavy atom. The van der Waals surface area contributed by atoms with E-state index >= 15 is 0 Å². The van der Waals surface area contributed by atoms with Crippen LogP contribution in [0.25, 0.3) is 0 Å². The number of amides is 1. The normalized spacial score (nSPS) is 14.8. The molecular formula is C20H24BrN3O5. The van der Waals surface area contributed by atoms with E-state index in [-0.39, 0.29) is 5.76 Å². The van der Waals surface area contributed by atoms with E-state index in [9.17, 15) is 4.79 Å². The summed E-state index contributed by atoms with van der Waals surface area (Å²) in [5, 5.41) is 3.97. The van der Waals surface area contributed by atoms with E-state index in [1.807, 2.05) is 25.1 Å². The maximum atomic E-state index is 11.9. The number of hydrogen-bond donors (Lipinski definition) is 1. The summed E-state index contributed by atoms with van der Waals surface area (Å²) in [6.45, 7) is 7.24. The van der Waals surface area contributed by atoms with Crippen molar-refractivity contribution < 1.29 is 23.4 Å². The monoisotopic (exact) mass is 465 g/mol. The van der Waals surface area contributed by atoms with E-state index in [4.69, 9.17) is 18.6 Å². The Hall–Kier alpha value is -2.36. The van der Waals surface area contributed by atoms with Gasteiger partial charge in [0.2, 0.25) is 0 Å². The summed E-state index contributed by atoms with van der Waals surface area (Å²) in [5.74, 6) is 1.06. The second-order valence-corrected chi connectivity index (χ2v) is 7.03. The molecule has 3 rings (SSSR count). The molecule has 156 valence electrons. The number of halogens is 1. The van der Waals surface area contributed by atoms with Crippen LogP contribution >= 0.6 is 15.9 Å². The predicted octanol–water partition coefficient (Wildman–Crippen LogP) is 2.92. The number of nitrogens with one attached hydrogen (secondary N) is 1. The van der Waals surface area contributed by atoms with Gasteiger partial charge in [0, 0.05) is 19.6 Å². The van der Waals surface area contributed by atoms with Gasteiger partial charge in [0.25, 0.3) is 0 Å². The standard InChI is InChI=1S/C20H24BrN3O5/c1-2-27-18-13-15(14-22-23-20(25)17-5-6-19(21)29-17)3-4-16(18)28-12-9-24-7-10-26-11-8-24/h3-6,13-14H,2,7-12H2,1H3,(H,23,25)/b22-14+. The van der Waals surface area contributed by atoms with Crippen molar-refractivity contribution in [3.63, 3.8) is 0 Å². The zero-order valence-corrected chi connectivity index (χ0v) is 17.8. The van der Waals surface area contributed by atoms with Gasteiger partial charge < -0.3 is 18.6 Å². The molecule has 1 saturated heterocycles. The SMILES string of the molecule is CCOc1cc(/C=N/NC(=O)c2ccc(Br)o2)ccc1OCCN1CCOCC1. The van der Waals surface area contributed by atoms with E-state index in [0.717, 1.165) is 38.4 Å². The highest BCUT2D eigenvalue weighted by atomic mass is 79.9. The van der Waals surface area contributed by atoms with Gasteiger partial charge in [-0.3, -0.25) is 9.69 Å². The summed E-state index contributed by atoms with van der Waals surface area (Å²) in [6, 6.07) is 8.73. The summed E-state index contributed by atoms with van der Waals surface area (Å²) in [6.07, 6.45) is 1.54. The van der Waals surface area contributed by atoms with Crippen molar-refractivity contribution in [1.82, 2.24) is 10.3 Å². The topological polar surface area (TPSA) is 85.5 Å². The number of hydrogen-bond acceptors (Lipinski definition) is 7. The minimum Gasteiger partial charge on any atom is -0.490 e. The Labute approximate surface area is 177 Å². The van der Waals surface area contributed by atoms with Gasteiger partial charge in [0.05, 0.1) is 26.0 Å². The molecule has 2 heterocycles. The van der Waals surface area contributed by atoms with Gasteiger partial charge in [-0.2, -0.15) is 5.10 Å². The molecular weight excluding hydrogens is 442 g/mol. The van der Waals surface area contributed by atoms with Crippen LogP contribution in [0.15, 0.2) is 44.5 Å². The van der Waals surface area contributed by atoms with Gasteiger partial charge in [-0.15, -0.1) is 0 Å². The third kappa shape index (κ3) is 6.59. The van der Waals surface area contributed by atoms with Crippen LogP contribution < -0.4 is 14.9 Å². The summed E-state index contributed by atoms with van der Waals surface area (Å²) < 4.78 is 22.6. The molecule has 0 saturated carbocycles. The lowest BCUT2D eigenvalue weighted by atomic mass is 10.2. The van der Waals surface area contributed by atoms with Gasteiger partial charge in [0.15, 0.2) is 21.9 Å². The Morgan fingerprint density at radius 3 is 2.79 bits per heavy atom. The third-order valence-electron chi connectivity index (χ3n) is 4.21. The molecule has 29 heavy (non-hydrogen) atoms. The Balaban J connectivity index is 1.55. The van der Waals surface area contributed by atoms with E-state index in [0.29, 0.717) is 29.4 Å². The molecule has 0 aliphatic carbocycles. The minimum absolute atomic E-state index is 0.174. The number of ether oxygens (including phenoxy) is 3. The van der Waals surface area contributed by atoms with E-state index in [2.05, 4.69) is 31.4 Å². The molecule has 1 N–H and O–H groups in total. The van der Waals surface area contributed by atoms with Gasteiger partial charge in [-0.25, -0.2) is 5.43 Å². The molecule has 1 aliphatic rings. The Kier molecular flexibility index (Phi) is 8.09. The molecule has 0 spiro atoms. The van der Waals surface area contributed by atoms with Gasteiger partial charge >= 0.3 is 5.91 Å². The molecule has 0 radical (unpaired) electrons. The summed E-state index contributed by atoms with van der Waals surface area (Å²) in [7, 11) is 0. The van der Waals surface area contributed by atoms with Gasteiger partial charge in [0.1, 0.15) is 6.61 Å². The van der Waals surface area contributed by atoms with Crippen molar-refractivity contribution in [2.24, 2.45) is 5.10 Å². The average Bonchev–Trinajstić information content (AvgIpc) is 3.17. The fraction of sp³-hybridized carbons (Fsp3) is 0.400. The molecule has 0 atom stereocenters. The van der Waals surface area contributed by atoms with Gasteiger partial charge in [-0.1, -0.05) is 0 Å². The molecule has 1 fully saturated rings. The zero-order chi connectivity index (χ0) is 20.5. The second kappa shape index (κ2) is 11.0. The quantitative estimate of drug-likeness (QED) is 0.452. The highest BCUT2D eigenvalue weighted by Gasteiger charge is 2.12. The van der Waals surface area contributed by atoms with Crippen LogP contribution in [0.5, 0.6) is 11.5 Å². The minimum atomic E-state index is -0.431. The van der Waals surface area contributed by atoms with Crippen molar-refractivity contribution >= 4 is 28.1 Å². The van der Waals surface area contributed by atoms with Crippen molar-refractivity contribution in [3.05, 3.63) is 46.3 Å². The van der Waals surface area contributed by atoms with Crippen LogP contribution in [0.3, 0.4) is 0 Å². The highest BCUT2D eigenvalue weighted by molar-refractivity contribution is 9.10. The van der Waals surface area contributed by atoms with E-state index in [1.54, 1.807) is 12.1 Å². The first-order chi connectivity index (χ1) is 14.2. The largest absolute Gasteiger partial charge is 0.490 e. The lowest BCUT2D eigenvalue weighted by molar-refractivity contribution is 0.0321. The molecule has 0 bridgehead atoms. The smallest absolute Gasteiger partial charge is 0.307 e. The molecule has 8 nitrogen and oxygen atoms in total. The molecule has 0 unspecified atom stereocenters. The van der Waals surface area contributed by atoms with Crippen LogP contribution in [-0.2, 0) is 4.74 Å². The van der Waals surface area contributed by atoms with Crippen molar-refractivity contribution in [2.45, 2.75) is 6.92 Å². The number of hydrazone groups is 1. The zero-order valence-electron chi connectivity index (χ0n) is 16.2. The highest BCUT2D eigenvalue weighted by Crippen LogP contribution is 2.28. The first-order valence-electron chi connectivity index (χ1n) is 9.44. The predicted molar refractivity (Wildman–Crippen MR) is 112 cm³/mol. The van der Waals surface area contributed by atoms with Crippen molar-refractivity contribution in [3.8, 4) is 11.5 Å². The Bertz CT molecular complexity index is 833. The number of benzene rings is 1. The van der Waals surface area contributed by atoms with Crippen LogP contribution in [0.4, 0.5) is 0 Å². The lowest BCUT2D eigenvalue weighted by Gasteiger charge is -2.26. The number of morpholine rings is 1. The first-order valence-corrected chi connectivity index (χ1v) is 10.2. The summed E-state index contributed by atoms with van der Waals surface area (Å²) >= 11 is 3.16. The molecule has 2 aromatic rings. The third-order valence-corrected chi connectivity index (χ3v) is 4.64. The fourth-order valence-corrected chi connectivity index (χ4v) is 3.07. The van der Waals surface area contributed by atoms with Crippen LogP contribution in [0.1, 0.15) is 23.0 Å². The number of rotatable bonds is 9. The van der Waals surface area contributed by atoms with E-state index < -0.39 is 5.91 Å². The maximum absolute atomic E-state index is 11.9. The number of carbonyl (C=O) groups is 1. The average molecular weight is 466 g/mol. The van der Waals surface area contributed by atoms with Crippen LogP contribution in [0.2, 0.25) is 0 Å². The molecule has 9 heteroatoms. The second-order valence-electron chi connectivity index (χ2n) is 6.24. The molecule has 1 aromatic carbocycles. The van der Waals surface area contributed by atoms with Crippen molar-refractivity contribution in [2.75, 3.05) is 46.1 Å². The molecule has 1 aliphatic heterocycles. The van der Waals surface area contributed by atoms with Crippen molar-refractivity contribution in [1.29, 1.82) is 0 Å². The summed E-state index contributed by atoms with van der Waals surface area (Å²) in [4.78, 5) is 14.2. The number of furan rings is 1. The summed E-state index contributed by atoms with van der Waals surface area (Å²) in [5.41, 5.74) is 3.20. The van der Waals surface area contributed by atoms with Crippen LogP contribution in [0, 0.1) is 0 Å². The number of carbonyl (C=O) groups excluding carboxylic acids is 1. The van der Waals surface area contributed by atoms with E-state index in [1.165, 1.54) is 6.21 Å². The lowest BCUT2D eigenvalue weighted by Crippen LogP contribution is -2.38. The van der Waals surface area contributed by atoms with Crippen LogP contribution in [-0.4, -0.2) is 63.1 Å². The Morgan fingerprint density at radius 2 is 2.07 bits per heavy atom. The molecule has 1 amide bonds. The first kappa shape index (κ1) is 21.4. The molecule has 1 aromatic heterocycles. The van der Waals surface area contributed by atoms with Gasteiger partial charge in [-0.05, 0) is 58.7 Å². The number of nitrogens with zero attached hydrogens (tertiary/aromatic N) is 2.